The maximum absolute atomic E-state index is 11.8. The van der Waals surface area contributed by atoms with Gasteiger partial charge >= 0.3 is 6.03 Å². The van der Waals surface area contributed by atoms with Crippen molar-refractivity contribution in [1.82, 2.24) is 10.6 Å². The van der Waals surface area contributed by atoms with E-state index in [0.29, 0.717) is 11.8 Å². The number of ether oxygens (including phenoxy) is 1. The van der Waals surface area contributed by atoms with Crippen molar-refractivity contribution in [3.8, 4) is 5.75 Å². The summed E-state index contributed by atoms with van der Waals surface area (Å²) in [5.41, 5.74) is 2.13. The van der Waals surface area contributed by atoms with E-state index in [2.05, 4.69) is 28.9 Å². The van der Waals surface area contributed by atoms with Gasteiger partial charge in [-0.15, -0.1) is 0 Å². The van der Waals surface area contributed by atoms with E-state index in [1.54, 1.807) is 6.92 Å². The molecule has 0 saturated carbocycles. The molecule has 3 amide bonds. The topological polar surface area (TPSA) is 79.5 Å². The number of benzene rings is 1. The van der Waals surface area contributed by atoms with Gasteiger partial charge in [-0.1, -0.05) is 12.1 Å². The molecule has 0 aromatic heterocycles. The fraction of sp³-hybridized carbons (Fsp3) is 0.467. The summed E-state index contributed by atoms with van der Waals surface area (Å²) in [7, 11) is 1.45. The van der Waals surface area contributed by atoms with Crippen molar-refractivity contribution in [3.05, 3.63) is 23.8 Å². The Labute approximate surface area is 124 Å². The van der Waals surface area contributed by atoms with Crippen molar-refractivity contribution in [3.63, 3.8) is 0 Å². The second-order valence-electron chi connectivity index (χ2n) is 5.20. The lowest BCUT2D eigenvalue weighted by atomic mass is 9.98. The number of hydrogen-bond donors (Lipinski definition) is 3. The zero-order valence-electron chi connectivity index (χ0n) is 12.5. The molecule has 21 heavy (non-hydrogen) atoms. The van der Waals surface area contributed by atoms with Gasteiger partial charge in [0.25, 0.3) is 5.91 Å². The maximum Gasteiger partial charge on any atom is 0.321 e. The predicted molar refractivity (Wildman–Crippen MR) is 80.5 cm³/mol. The largest absolute Gasteiger partial charge is 0.479 e. The molecule has 0 radical (unpaired) electrons. The highest BCUT2D eigenvalue weighted by molar-refractivity contribution is 5.96. The first-order valence-electron chi connectivity index (χ1n) is 7.09. The lowest BCUT2D eigenvalue weighted by molar-refractivity contribution is -0.126. The third-order valence-electron chi connectivity index (χ3n) is 3.49. The molecule has 6 nitrogen and oxygen atoms in total. The van der Waals surface area contributed by atoms with Crippen LogP contribution in [0.2, 0.25) is 0 Å². The zero-order valence-corrected chi connectivity index (χ0v) is 12.5. The summed E-state index contributed by atoms with van der Waals surface area (Å²) < 4.78 is 5.71. The summed E-state index contributed by atoms with van der Waals surface area (Å²) in [6.45, 7) is 3.73. The van der Waals surface area contributed by atoms with E-state index in [4.69, 9.17) is 4.74 Å². The van der Waals surface area contributed by atoms with E-state index in [0.717, 1.165) is 18.5 Å². The Morgan fingerprint density at radius 2 is 2.19 bits per heavy atom. The molecule has 2 atom stereocenters. The molecular formula is C15H21N3O3. The van der Waals surface area contributed by atoms with Crippen molar-refractivity contribution in [2.75, 3.05) is 12.4 Å². The van der Waals surface area contributed by atoms with Gasteiger partial charge in [-0.2, -0.15) is 0 Å². The average Bonchev–Trinajstić information content (AvgIpc) is 2.47. The smallest absolute Gasteiger partial charge is 0.321 e. The zero-order chi connectivity index (χ0) is 15.4. The van der Waals surface area contributed by atoms with Gasteiger partial charge in [0.1, 0.15) is 5.75 Å². The molecule has 1 heterocycles. The number of fused-ring (bicyclic) bond motifs is 1. The van der Waals surface area contributed by atoms with Crippen LogP contribution in [0.3, 0.4) is 0 Å². The maximum atomic E-state index is 11.8. The Bertz CT molecular complexity index is 545. The molecule has 0 spiro atoms. The summed E-state index contributed by atoms with van der Waals surface area (Å²) in [5, 5.41) is 7.92. The molecule has 3 N–H and O–H groups in total. The number of carbonyl (C=O) groups is 2. The SMILES string of the molecule is CNC(=O)NC(=O)C(C)Oc1cccc2c1NC(C)CC2. The van der Waals surface area contributed by atoms with Gasteiger partial charge < -0.3 is 15.4 Å². The molecule has 2 rings (SSSR count). The van der Waals surface area contributed by atoms with Crippen LogP contribution in [0.1, 0.15) is 25.8 Å². The van der Waals surface area contributed by atoms with Crippen LogP contribution < -0.4 is 20.7 Å². The lowest BCUT2D eigenvalue weighted by Crippen LogP contribution is -2.44. The fourth-order valence-electron chi connectivity index (χ4n) is 2.26. The van der Waals surface area contributed by atoms with Crippen molar-refractivity contribution in [1.29, 1.82) is 0 Å². The van der Waals surface area contributed by atoms with Gasteiger partial charge in [-0.3, -0.25) is 10.1 Å². The highest BCUT2D eigenvalue weighted by Gasteiger charge is 2.22. The molecule has 2 unspecified atom stereocenters. The minimum absolute atomic E-state index is 0.372. The quantitative estimate of drug-likeness (QED) is 0.791. The van der Waals surface area contributed by atoms with Gasteiger partial charge in [-0.25, -0.2) is 4.79 Å². The number of nitrogens with one attached hydrogen (secondary N) is 3. The third kappa shape index (κ3) is 3.65. The minimum atomic E-state index is -0.757. The Hall–Kier alpha value is -2.24. The van der Waals surface area contributed by atoms with Gasteiger partial charge in [0.2, 0.25) is 0 Å². The predicted octanol–water partition coefficient (Wildman–Crippen LogP) is 1.66. The van der Waals surface area contributed by atoms with Crippen LogP contribution in [0, 0.1) is 0 Å². The highest BCUT2D eigenvalue weighted by atomic mass is 16.5. The molecule has 1 aromatic carbocycles. The number of anilines is 1. The van der Waals surface area contributed by atoms with Crippen molar-refractivity contribution in [2.45, 2.75) is 38.8 Å². The van der Waals surface area contributed by atoms with Crippen molar-refractivity contribution >= 4 is 17.6 Å². The fourth-order valence-corrected chi connectivity index (χ4v) is 2.26. The first-order chi connectivity index (χ1) is 10.0. The molecule has 0 bridgehead atoms. The van der Waals surface area contributed by atoms with E-state index in [1.807, 2.05) is 12.1 Å². The van der Waals surface area contributed by atoms with Gasteiger partial charge in [0.15, 0.2) is 6.10 Å². The number of hydrogen-bond acceptors (Lipinski definition) is 4. The summed E-state index contributed by atoms with van der Waals surface area (Å²) in [5.74, 6) is 0.161. The molecule has 1 aromatic rings. The van der Waals surface area contributed by atoms with Gasteiger partial charge in [-0.05, 0) is 38.3 Å². The van der Waals surface area contributed by atoms with Gasteiger partial charge in [0, 0.05) is 13.1 Å². The number of aryl methyl sites for hydroxylation is 1. The van der Waals surface area contributed by atoms with E-state index in [-0.39, 0.29) is 0 Å². The summed E-state index contributed by atoms with van der Waals surface area (Å²) in [6.07, 6.45) is 1.30. The van der Waals surface area contributed by atoms with E-state index in [9.17, 15) is 9.59 Å². The molecule has 6 heteroatoms. The number of urea groups is 1. The van der Waals surface area contributed by atoms with Crippen LogP contribution >= 0.6 is 0 Å². The molecule has 1 aliphatic rings. The molecule has 0 fully saturated rings. The minimum Gasteiger partial charge on any atom is -0.479 e. The van der Waals surface area contributed by atoms with E-state index in [1.165, 1.54) is 12.6 Å². The molecule has 0 saturated heterocycles. The second kappa shape index (κ2) is 6.47. The average molecular weight is 291 g/mol. The first kappa shape index (κ1) is 15.2. The Morgan fingerprint density at radius 3 is 2.90 bits per heavy atom. The summed E-state index contributed by atoms with van der Waals surface area (Å²) >= 11 is 0. The Kier molecular flexibility index (Phi) is 4.67. The second-order valence-corrected chi connectivity index (χ2v) is 5.20. The van der Waals surface area contributed by atoms with Crippen LogP contribution in [0.5, 0.6) is 5.75 Å². The van der Waals surface area contributed by atoms with E-state index < -0.39 is 18.0 Å². The van der Waals surface area contributed by atoms with Crippen molar-refractivity contribution in [2.24, 2.45) is 0 Å². The standard InChI is InChI=1S/C15H21N3O3/c1-9-7-8-11-5-4-6-12(13(11)17-9)21-10(2)14(19)18-15(20)16-3/h4-6,9-10,17H,7-8H2,1-3H3,(H2,16,18,19,20). The molecule has 0 aliphatic carbocycles. The van der Waals surface area contributed by atoms with Crippen molar-refractivity contribution < 1.29 is 14.3 Å². The number of para-hydroxylation sites is 1. The van der Waals surface area contributed by atoms with Crippen LogP contribution in [-0.4, -0.2) is 31.1 Å². The number of rotatable bonds is 3. The molecule has 1 aliphatic heterocycles. The van der Waals surface area contributed by atoms with Gasteiger partial charge in [0.05, 0.1) is 5.69 Å². The summed E-state index contributed by atoms with van der Waals surface area (Å²) in [4.78, 5) is 23.0. The monoisotopic (exact) mass is 291 g/mol. The third-order valence-corrected chi connectivity index (χ3v) is 3.49. The normalized spacial score (nSPS) is 18.0. The van der Waals surface area contributed by atoms with Crippen LogP contribution in [0.4, 0.5) is 10.5 Å². The highest BCUT2D eigenvalue weighted by Crippen LogP contribution is 2.34. The number of carbonyl (C=O) groups excluding carboxylic acids is 2. The summed E-state index contributed by atoms with van der Waals surface area (Å²) in [6, 6.07) is 5.62. The van der Waals surface area contributed by atoms with E-state index >= 15 is 0 Å². The van der Waals surface area contributed by atoms with Crippen LogP contribution in [0.25, 0.3) is 0 Å². The Morgan fingerprint density at radius 1 is 1.43 bits per heavy atom. The molecule has 114 valence electrons. The molecular weight excluding hydrogens is 270 g/mol. The number of imide groups is 1. The lowest BCUT2D eigenvalue weighted by Gasteiger charge is -2.27. The first-order valence-corrected chi connectivity index (χ1v) is 7.09. The number of amides is 3. The van der Waals surface area contributed by atoms with Crippen LogP contribution in [-0.2, 0) is 11.2 Å². The van der Waals surface area contributed by atoms with Crippen LogP contribution in [0.15, 0.2) is 18.2 Å². The Balaban J connectivity index is 2.09.